The molecule has 0 spiro atoms. The number of hydrazone groups is 1. The number of ether oxygens (including phenoxy) is 2. The fourth-order valence-corrected chi connectivity index (χ4v) is 4.85. The van der Waals surface area contributed by atoms with Gasteiger partial charge in [-0.1, -0.05) is 12.1 Å². The molecule has 0 bridgehead atoms. The number of nitrogens with one attached hydrogen (secondary N) is 1. The summed E-state index contributed by atoms with van der Waals surface area (Å²) in [4.78, 5) is 46.1. The lowest BCUT2D eigenvalue weighted by molar-refractivity contribution is -0.144. The molecule has 3 heterocycles. The van der Waals surface area contributed by atoms with E-state index in [4.69, 9.17) is 15.2 Å². The van der Waals surface area contributed by atoms with Crippen molar-refractivity contribution in [3.05, 3.63) is 54.4 Å². The second-order valence-corrected chi connectivity index (χ2v) is 10.7. The number of fused-ring (bicyclic) bond motifs is 1. The summed E-state index contributed by atoms with van der Waals surface area (Å²) in [6.07, 6.45) is -0.950. The number of piperidine rings is 1. The topological polar surface area (TPSA) is 139 Å². The van der Waals surface area contributed by atoms with Gasteiger partial charge in [-0.05, 0) is 38.1 Å². The van der Waals surface area contributed by atoms with E-state index in [2.05, 4.69) is 15.4 Å². The highest BCUT2D eigenvalue weighted by Gasteiger charge is 2.55. The average Bonchev–Trinajstić information content (AvgIpc) is 3.20. The summed E-state index contributed by atoms with van der Waals surface area (Å²) in [5.41, 5.74) is 4.30. The van der Waals surface area contributed by atoms with Gasteiger partial charge in [0.05, 0.1) is 18.4 Å². The van der Waals surface area contributed by atoms with Gasteiger partial charge in [0, 0.05) is 43.9 Å². The van der Waals surface area contributed by atoms with E-state index in [1.54, 1.807) is 48.7 Å². The van der Waals surface area contributed by atoms with Crippen LogP contribution >= 0.6 is 0 Å². The number of likely N-dealkylation sites (tertiary alicyclic amines) is 1. The first kappa shape index (κ1) is 29.8. The second-order valence-electron chi connectivity index (χ2n) is 10.7. The van der Waals surface area contributed by atoms with Crippen molar-refractivity contribution in [1.29, 1.82) is 0 Å². The third kappa shape index (κ3) is 6.79. The number of alkyl halides is 2. The molecule has 2 atom stereocenters. The van der Waals surface area contributed by atoms with E-state index in [9.17, 15) is 23.2 Å². The number of carbonyl (C=O) groups excluding carboxylic acids is 3. The Morgan fingerprint density at radius 2 is 1.95 bits per heavy atom. The lowest BCUT2D eigenvalue weighted by atomic mass is 9.74. The van der Waals surface area contributed by atoms with Gasteiger partial charge in [-0.15, -0.1) is 0 Å². The van der Waals surface area contributed by atoms with Crippen LogP contribution < -0.4 is 20.5 Å². The van der Waals surface area contributed by atoms with Gasteiger partial charge in [-0.25, -0.2) is 13.8 Å². The standard InChI is InChI=1S/C28H34F2N6O5/c1-27(2,31)25(38)33-21(16-41-20-9-6-8-19(13-20)40-3)24(37)35-12-10-22-28(17-35,14-18-7-4-5-11-32-18)26(39)36(34-22)15-23(29)30/h4-9,11,13,21,23H,10,12,14-17,31H2,1-3H3,(H,33,38)/t21?,28-/m1/s1. The summed E-state index contributed by atoms with van der Waals surface area (Å²) in [5, 5.41) is 7.71. The van der Waals surface area contributed by atoms with Gasteiger partial charge < -0.3 is 25.4 Å². The fourth-order valence-electron chi connectivity index (χ4n) is 4.85. The maximum Gasteiger partial charge on any atom is 0.258 e. The van der Waals surface area contributed by atoms with Crippen LogP contribution in [-0.2, 0) is 20.8 Å². The molecule has 0 saturated carbocycles. The molecule has 4 rings (SSSR count). The van der Waals surface area contributed by atoms with Crippen molar-refractivity contribution in [2.24, 2.45) is 16.3 Å². The first-order valence-corrected chi connectivity index (χ1v) is 13.2. The molecule has 2 aromatic rings. The van der Waals surface area contributed by atoms with E-state index in [0.29, 0.717) is 22.9 Å². The third-order valence-corrected chi connectivity index (χ3v) is 7.00. The number of hydrogen-bond acceptors (Lipinski definition) is 8. The number of nitrogens with zero attached hydrogens (tertiary/aromatic N) is 4. The Hall–Kier alpha value is -4.13. The Labute approximate surface area is 236 Å². The minimum atomic E-state index is -2.78. The highest BCUT2D eigenvalue weighted by Crippen LogP contribution is 2.38. The lowest BCUT2D eigenvalue weighted by Crippen LogP contribution is -2.62. The van der Waals surface area contributed by atoms with Crippen molar-refractivity contribution in [2.45, 2.75) is 44.7 Å². The molecule has 0 radical (unpaired) electrons. The van der Waals surface area contributed by atoms with Gasteiger partial charge in [0.2, 0.25) is 11.8 Å². The number of rotatable bonds is 11. The first-order valence-electron chi connectivity index (χ1n) is 13.2. The minimum absolute atomic E-state index is 0.0716. The van der Waals surface area contributed by atoms with E-state index in [-0.39, 0.29) is 32.5 Å². The largest absolute Gasteiger partial charge is 0.497 e. The minimum Gasteiger partial charge on any atom is -0.497 e. The van der Waals surface area contributed by atoms with Crippen molar-refractivity contribution >= 4 is 23.4 Å². The monoisotopic (exact) mass is 572 g/mol. The van der Waals surface area contributed by atoms with E-state index in [1.807, 2.05) is 0 Å². The summed E-state index contributed by atoms with van der Waals surface area (Å²) in [6.45, 7) is 1.97. The zero-order valence-electron chi connectivity index (χ0n) is 23.2. The van der Waals surface area contributed by atoms with Crippen LogP contribution in [0.15, 0.2) is 53.8 Å². The van der Waals surface area contributed by atoms with Crippen LogP contribution in [0.25, 0.3) is 0 Å². The van der Waals surface area contributed by atoms with Crippen LogP contribution in [0.1, 0.15) is 26.0 Å². The molecule has 1 aromatic heterocycles. The van der Waals surface area contributed by atoms with Crippen LogP contribution in [0.3, 0.4) is 0 Å². The maximum atomic E-state index is 13.9. The van der Waals surface area contributed by atoms with Crippen molar-refractivity contribution in [3.63, 3.8) is 0 Å². The second kappa shape index (κ2) is 12.2. The number of methoxy groups -OCH3 is 1. The molecule has 3 amide bonds. The highest BCUT2D eigenvalue weighted by atomic mass is 19.3. The van der Waals surface area contributed by atoms with Gasteiger partial charge in [0.25, 0.3) is 12.3 Å². The van der Waals surface area contributed by atoms with Crippen LogP contribution in [0, 0.1) is 5.41 Å². The van der Waals surface area contributed by atoms with Gasteiger partial charge in [-0.2, -0.15) is 5.10 Å². The smallest absolute Gasteiger partial charge is 0.258 e. The Bertz CT molecular complexity index is 1300. The molecule has 2 aliphatic rings. The number of carbonyl (C=O) groups is 3. The molecule has 13 heteroatoms. The Kier molecular flexibility index (Phi) is 8.86. The van der Waals surface area contributed by atoms with Crippen LogP contribution in [-0.4, -0.2) is 89.7 Å². The predicted octanol–water partition coefficient (Wildman–Crippen LogP) is 1.62. The Morgan fingerprint density at radius 3 is 2.61 bits per heavy atom. The van der Waals surface area contributed by atoms with E-state index in [1.165, 1.54) is 25.9 Å². The van der Waals surface area contributed by atoms with Gasteiger partial charge >= 0.3 is 0 Å². The summed E-state index contributed by atoms with van der Waals surface area (Å²) >= 11 is 0. The van der Waals surface area contributed by atoms with Crippen molar-refractivity contribution in [1.82, 2.24) is 20.2 Å². The predicted molar refractivity (Wildman–Crippen MR) is 145 cm³/mol. The summed E-state index contributed by atoms with van der Waals surface area (Å²) in [5.74, 6) is -0.744. The normalized spacial score (nSPS) is 19.5. The van der Waals surface area contributed by atoms with Crippen molar-refractivity contribution in [2.75, 3.05) is 33.4 Å². The van der Waals surface area contributed by atoms with Gasteiger partial charge in [0.15, 0.2) is 0 Å². The van der Waals surface area contributed by atoms with E-state index in [0.717, 1.165) is 5.01 Å². The quantitative estimate of drug-likeness (QED) is 0.417. The number of nitrogens with two attached hydrogens (primary N) is 1. The molecule has 1 saturated heterocycles. The lowest BCUT2D eigenvalue weighted by Gasteiger charge is -2.40. The number of aromatic nitrogens is 1. The number of pyridine rings is 1. The molecular weight excluding hydrogens is 538 g/mol. The summed E-state index contributed by atoms with van der Waals surface area (Å²) in [6, 6.07) is 10.8. The van der Waals surface area contributed by atoms with Crippen LogP contribution in [0.2, 0.25) is 0 Å². The maximum absolute atomic E-state index is 13.9. The zero-order valence-corrected chi connectivity index (χ0v) is 23.2. The molecule has 41 heavy (non-hydrogen) atoms. The van der Waals surface area contributed by atoms with Crippen molar-refractivity contribution in [3.8, 4) is 11.5 Å². The SMILES string of the molecule is COc1cccc(OCC(NC(=O)C(C)(C)N)C(=O)N2CCC3=NN(CC(F)F)C(=O)[C@]3(Cc3ccccn3)C2)c1. The van der Waals surface area contributed by atoms with E-state index >= 15 is 0 Å². The number of benzene rings is 1. The van der Waals surface area contributed by atoms with Gasteiger partial charge in [-0.3, -0.25) is 19.4 Å². The summed E-state index contributed by atoms with van der Waals surface area (Å²) < 4.78 is 37.6. The summed E-state index contributed by atoms with van der Waals surface area (Å²) in [7, 11) is 1.51. The molecule has 220 valence electrons. The third-order valence-electron chi connectivity index (χ3n) is 7.00. The Balaban J connectivity index is 1.61. The van der Waals surface area contributed by atoms with E-state index < -0.39 is 47.7 Å². The van der Waals surface area contributed by atoms with Gasteiger partial charge in [0.1, 0.15) is 36.1 Å². The number of halogens is 2. The first-order chi connectivity index (χ1) is 19.4. The van der Waals surface area contributed by atoms with Crippen molar-refractivity contribution < 1.29 is 32.6 Å². The average molecular weight is 573 g/mol. The molecule has 1 fully saturated rings. The molecule has 11 nitrogen and oxygen atoms in total. The van der Waals surface area contributed by atoms with Crippen LogP contribution in [0.5, 0.6) is 11.5 Å². The fraction of sp³-hybridized carbons (Fsp3) is 0.464. The molecular formula is C28H34F2N6O5. The Morgan fingerprint density at radius 1 is 1.20 bits per heavy atom. The molecule has 1 unspecified atom stereocenters. The molecule has 1 aromatic carbocycles. The molecule has 2 aliphatic heterocycles. The zero-order chi connectivity index (χ0) is 29.8. The number of amides is 3. The number of hydrogen-bond donors (Lipinski definition) is 2. The highest BCUT2D eigenvalue weighted by molar-refractivity contribution is 6.13. The molecule has 0 aliphatic carbocycles. The van der Waals surface area contributed by atoms with Crippen LogP contribution in [0.4, 0.5) is 8.78 Å². The molecule has 3 N–H and O–H groups in total.